The summed E-state index contributed by atoms with van der Waals surface area (Å²) in [5, 5.41) is 3.18. The fraction of sp³-hybridized carbons (Fsp3) is 0. The summed E-state index contributed by atoms with van der Waals surface area (Å²) in [5.74, 6) is 0.557. The Hall–Kier alpha value is -3.56. The van der Waals surface area contributed by atoms with Gasteiger partial charge in [0.2, 0.25) is 0 Å². The van der Waals surface area contributed by atoms with Crippen LogP contribution in [-0.4, -0.2) is 11.8 Å². The van der Waals surface area contributed by atoms with Gasteiger partial charge >= 0.3 is 0 Å². The molecule has 2 amide bonds. The van der Waals surface area contributed by atoms with Crippen molar-refractivity contribution in [1.29, 1.82) is 0 Å². The number of nitrogens with one attached hydrogen (secondary N) is 1. The zero-order valence-corrected chi connectivity index (χ0v) is 21.3. The zero-order chi connectivity index (χ0) is 24.2. The minimum atomic E-state index is -0.399. The maximum absolute atomic E-state index is 13.5. The lowest BCUT2D eigenvalue weighted by molar-refractivity contribution is -0.120. The fourth-order valence-corrected chi connectivity index (χ4v) is 4.83. The van der Waals surface area contributed by atoms with E-state index in [1.165, 1.54) is 16.7 Å². The standard InChI is InChI=1S/C28H19IN2O3S/c29-19-11-13-20(14-12-19)30-25-26(35-24-9-5-2-6-10-24)28(33)31(27(25)32)21-15-17-23(18-16-21)34-22-7-3-1-4-8-22/h1-18,30H. The third-order valence-electron chi connectivity index (χ3n) is 5.19. The van der Waals surface area contributed by atoms with Crippen LogP contribution < -0.4 is 15.0 Å². The van der Waals surface area contributed by atoms with Crippen molar-refractivity contribution in [2.45, 2.75) is 4.90 Å². The van der Waals surface area contributed by atoms with E-state index in [4.69, 9.17) is 4.74 Å². The molecule has 0 atom stereocenters. The molecule has 1 N–H and O–H groups in total. The van der Waals surface area contributed by atoms with Gasteiger partial charge in [-0.05, 0) is 95.4 Å². The van der Waals surface area contributed by atoms with Crippen LogP contribution in [0.25, 0.3) is 0 Å². The van der Waals surface area contributed by atoms with E-state index in [0.717, 1.165) is 14.2 Å². The fourth-order valence-electron chi connectivity index (χ4n) is 3.52. The summed E-state index contributed by atoms with van der Waals surface area (Å²) in [6, 6.07) is 33.6. The monoisotopic (exact) mass is 590 g/mol. The first-order chi connectivity index (χ1) is 17.1. The number of anilines is 2. The van der Waals surface area contributed by atoms with Gasteiger partial charge in [-0.25, -0.2) is 4.90 Å². The average molecular weight is 590 g/mol. The Morgan fingerprint density at radius 1 is 0.686 bits per heavy atom. The lowest BCUT2D eigenvalue weighted by Gasteiger charge is -2.16. The van der Waals surface area contributed by atoms with Crippen LogP contribution in [0.3, 0.4) is 0 Å². The van der Waals surface area contributed by atoms with Crippen molar-refractivity contribution in [3.05, 3.63) is 123 Å². The number of rotatable bonds is 7. The van der Waals surface area contributed by atoms with Gasteiger partial charge in [0.25, 0.3) is 11.8 Å². The largest absolute Gasteiger partial charge is 0.457 e. The van der Waals surface area contributed by atoms with Crippen LogP contribution in [0.1, 0.15) is 0 Å². The van der Waals surface area contributed by atoms with E-state index in [1.807, 2.05) is 84.9 Å². The highest BCUT2D eigenvalue weighted by atomic mass is 127. The number of ether oxygens (including phenoxy) is 1. The Bertz CT molecular complexity index is 1390. The lowest BCUT2D eigenvalue weighted by atomic mass is 10.2. The minimum absolute atomic E-state index is 0.259. The Labute approximate surface area is 220 Å². The predicted octanol–water partition coefficient (Wildman–Crippen LogP) is 7.07. The molecule has 0 aromatic heterocycles. The van der Waals surface area contributed by atoms with Crippen molar-refractivity contribution in [1.82, 2.24) is 0 Å². The summed E-state index contributed by atoms with van der Waals surface area (Å²) >= 11 is 3.50. The number of halogens is 1. The van der Waals surface area contributed by atoms with Crippen LogP contribution in [-0.2, 0) is 9.59 Å². The van der Waals surface area contributed by atoms with Gasteiger partial charge in [0.05, 0.1) is 5.69 Å². The summed E-state index contributed by atoms with van der Waals surface area (Å²) in [4.78, 5) is 29.4. The second-order valence-electron chi connectivity index (χ2n) is 7.61. The molecule has 0 saturated carbocycles. The van der Waals surface area contributed by atoms with Gasteiger partial charge in [-0.2, -0.15) is 0 Å². The van der Waals surface area contributed by atoms with Gasteiger partial charge in [0.15, 0.2) is 0 Å². The molecule has 0 aliphatic carbocycles. The van der Waals surface area contributed by atoms with E-state index in [0.29, 0.717) is 22.1 Å². The van der Waals surface area contributed by atoms with Gasteiger partial charge in [0.1, 0.15) is 22.1 Å². The molecule has 4 aromatic rings. The topological polar surface area (TPSA) is 58.6 Å². The number of nitrogens with zero attached hydrogens (tertiary/aromatic N) is 1. The molecule has 1 aliphatic heterocycles. The molecule has 0 radical (unpaired) electrons. The Kier molecular flexibility index (Phi) is 6.87. The van der Waals surface area contributed by atoms with Crippen LogP contribution >= 0.6 is 34.4 Å². The molecule has 172 valence electrons. The van der Waals surface area contributed by atoms with Gasteiger partial charge in [-0.1, -0.05) is 48.2 Å². The second kappa shape index (κ2) is 10.4. The highest BCUT2D eigenvalue weighted by molar-refractivity contribution is 14.1. The highest BCUT2D eigenvalue weighted by Crippen LogP contribution is 2.38. The molecule has 0 bridgehead atoms. The molecule has 0 unspecified atom stereocenters. The summed E-state index contributed by atoms with van der Waals surface area (Å²) in [5.41, 5.74) is 1.47. The number of hydrogen-bond donors (Lipinski definition) is 1. The third kappa shape index (κ3) is 5.26. The SMILES string of the molecule is O=C1C(Nc2ccc(I)cc2)=C(Sc2ccccc2)C(=O)N1c1ccc(Oc2ccccc2)cc1. The minimum Gasteiger partial charge on any atom is -0.457 e. The number of hydrogen-bond acceptors (Lipinski definition) is 5. The number of para-hydroxylation sites is 1. The van der Waals surface area contributed by atoms with Gasteiger partial charge in [-0.3, -0.25) is 9.59 Å². The second-order valence-corrected chi connectivity index (χ2v) is 9.94. The van der Waals surface area contributed by atoms with Crippen molar-refractivity contribution < 1.29 is 14.3 Å². The van der Waals surface area contributed by atoms with Crippen molar-refractivity contribution in [3.63, 3.8) is 0 Å². The summed E-state index contributed by atoms with van der Waals surface area (Å²) in [6.45, 7) is 0. The normalized spacial score (nSPS) is 13.3. The van der Waals surface area contributed by atoms with E-state index in [2.05, 4.69) is 27.9 Å². The average Bonchev–Trinajstić information content (AvgIpc) is 3.11. The predicted molar refractivity (Wildman–Crippen MR) is 148 cm³/mol. The van der Waals surface area contributed by atoms with E-state index < -0.39 is 5.91 Å². The van der Waals surface area contributed by atoms with Crippen LogP contribution in [0.2, 0.25) is 0 Å². The van der Waals surface area contributed by atoms with E-state index in [1.54, 1.807) is 24.3 Å². The maximum atomic E-state index is 13.5. The molecule has 0 saturated heterocycles. The molecule has 7 heteroatoms. The Balaban J connectivity index is 1.44. The number of amides is 2. The summed E-state index contributed by atoms with van der Waals surface area (Å²) < 4.78 is 6.92. The van der Waals surface area contributed by atoms with Gasteiger partial charge in [0, 0.05) is 14.2 Å². The Morgan fingerprint density at radius 3 is 1.94 bits per heavy atom. The van der Waals surface area contributed by atoms with Gasteiger partial charge in [-0.15, -0.1) is 0 Å². The first-order valence-electron chi connectivity index (χ1n) is 10.8. The molecule has 5 rings (SSSR count). The number of benzene rings is 4. The number of carbonyl (C=O) groups is 2. The molecule has 5 nitrogen and oxygen atoms in total. The zero-order valence-electron chi connectivity index (χ0n) is 18.4. The number of carbonyl (C=O) groups excluding carboxylic acids is 2. The van der Waals surface area contributed by atoms with Crippen molar-refractivity contribution in [2.24, 2.45) is 0 Å². The Morgan fingerprint density at radius 2 is 1.29 bits per heavy atom. The van der Waals surface area contributed by atoms with Crippen LogP contribution in [0.4, 0.5) is 11.4 Å². The molecular formula is C28H19IN2O3S. The van der Waals surface area contributed by atoms with Crippen LogP contribution in [0, 0.1) is 3.57 Å². The molecule has 0 spiro atoms. The van der Waals surface area contributed by atoms with Crippen molar-refractivity contribution in [3.8, 4) is 11.5 Å². The molecule has 35 heavy (non-hydrogen) atoms. The van der Waals surface area contributed by atoms with Crippen molar-refractivity contribution >= 4 is 57.5 Å². The van der Waals surface area contributed by atoms with Crippen LogP contribution in [0.15, 0.2) is 125 Å². The quantitative estimate of drug-likeness (QED) is 0.184. The smallest absolute Gasteiger partial charge is 0.283 e. The highest BCUT2D eigenvalue weighted by Gasteiger charge is 2.40. The van der Waals surface area contributed by atoms with E-state index in [-0.39, 0.29) is 11.6 Å². The molecule has 1 heterocycles. The molecular weight excluding hydrogens is 571 g/mol. The maximum Gasteiger partial charge on any atom is 0.283 e. The first-order valence-corrected chi connectivity index (χ1v) is 12.7. The summed E-state index contributed by atoms with van der Waals surface area (Å²) in [7, 11) is 0. The number of imide groups is 1. The van der Waals surface area contributed by atoms with E-state index >= 15 is 0 Å². The van der Waals surface area contributed by atoms with E-state index in [9.17, 15) is 9.59 Å². The number of thioether (sulfide) groups is 1. The van der Waals surface area contributed by atoms with Crippen molar-refractivity contribution in [2.75, 3.05) is 10.2 Å². The third-order valence-corrected chi connectivity index (χ3v) is 7.00. The first kappa shape index (κ1) is 23.2. The lowest BCUT2D eigenvalue weighted by Crippen LogP contribution is -2.32. The summed E-state index contributed by atoms with van der Waals surface area (Å²) in [6.07, 6.45) is 0. The molecule has 0 fully saturated rings. The van der Waals surface area contributed by atoms with Gasteiger partial charge < -0.3 is 10.1 Å². The van der Waals surface area contributed by atoms with Crippen LogP contribution in [0.5, 0.6) is 11.5 Å². The molecule has 4 aromatic carbocycles. The molecule has 1 aliphatic rings.